The van der Waals surface area contributed by atoms with Crippen molar-refractivity contribution in [1.29, 1.82) is 0 Å². The Bertz CT molecular complexity index is 1550. The largest absolute Gasteiger partial charge is 0.486 e. The highest BCUT2D eigenvalue weighted by molar-refractivity contribution is 7.99. The molecule has 5 rings (SSSR count). The number of fused-ring (bicyclic) bond motifs is 1. The molecule has 0 spiro atoms. The van der Waals surface area contributed by atoms with Gasteiger partial charge in [0.05, 0.1) is 16.8 Å². The fourth-order valence-electron chi connectivity index (χ4n) is 3.92. The van der Waals surface area contributed by atoms with Crippen LogP contribution in [-0.2, 0) is 23.2 Å². The lowest BCUT2D eigenvalue weighted by atomic mass is 10.1. The molecule has 1 aromatic heterocycles. The van der Waals surface area contributed by atoms with Gasteiger partial charge in [0, 0.05) is 13.1 Å². The highest BCUT2D eigenvalue weighted by Gasteiger charge is 2.10. The summed E-state index contributed by atoms with van der Waals surface area (Å²) in [4.78, 5) is 24.5. The molecule has 42 heavy (non-hydrogen) atoms. The number of hydrogen-bond donors (Lipinski definition) is 1. The molecule has 4 aromatic carbocycles. The number of ether oxygens (including phenoxy) is 2. The maximum absolute atomic E-state index is 10.3. The number of rotatable bonds is 9. The molecule has 0 aliphatic carbocycles. The van der Waals surface area contributed by atoms with Crippen molar-refractivity contribution in [2.24, 2.45) is 7.05 Å². The van der Waals surface area contributed by atoms with Crippen molar-refractivity contribution in [3.63, 3.8) is 0 Å². The van der Waals surface area contributed by atoms with E-state index in [-0.39, 0.29) is 5.91 Å². The molecule has 7 nitrogen and oxygen atoms in total. The highest BCUT2D eigenvalue weighted by atomic mass is 32.2. The van der Waals surface area contributed by atoms with Crippen LogP contribution in [0.15, 0.2) is 97.1 Å². The Kier molecular flexibility index (Phi) is 12.7. The molecule has 1 N–H and O–H groups in total. The second kappa shape index (κ2) is 16.6. The summed E-state index contributed by atoms with van der Waals surface area (Å²) in [7, 11) is 2.00. The van der Waals surface area contributed by atoms with Crippen molar-refractivity contribution < 1.29 is 19.1 Å². The summed E-state index contributed by atoms with van der Waals surface area (Å²) in [6, 6.07) is 32.5. The number of thioether (sulfide) groups is 1. The van der Waals surface area contributed by atoms with E-state index in [1.165, 1.54) is 28.5 Å². The summed E-state index contributed by atoms with van der Waals surface area (Å²) in [6.07, 6.45) is 2.18. The monoisotopic (exact) mass is 583 g/mol. The molecule has 0 aliphatic rings. The Morgan fingerprint density at radius 3 is 2.14 bits per heavy atom. The maximum atomic E-state index is 10.3. The molecule has 0 saturated heterocycles. The minimum Gasteiger partial charge on any atom is -0.486 e. The summed E-state index contributed by atoms with van der Waals surface area (Å²) in [5.41, 5.74) is 5.49. The van der Waals surface area contributed by atoms with Crippen LogP contribution >= 0.6 is 11.8 Å². The molecule has 0 fully saturated rings. The molecule has 0 saturated carbocycles. The van der Waals surface area contributed by atoms with E-state index < -0.39 is 0 Å². The quantitative estimate of drug-likeness (QED) is 0.180. The maximum Gasteiger partial charge on any atom is 0.236 e. The Balaban J connectivity index is 0.000000421. The molecule has 0 radical (unpaired) electrons. The van der Waals surface area contributed by atoms with E-state index in [0.29, 0.717) is 18.8 Å². The van der Waals surface area contributed by atoms with Crippen molar-refractivity contribution in [3.8, 4) is 28.4 Å². The standard InChI is InChI=1S/C28H24N2O2.C4H7NO2S.C2H6/c1-20-8-12-23(13-9-20)31-19-28-29-26-17-16-25(18-27(26)30(28)2)32-24-14-10-22(11-15-24)21-6-4-3-5-7-21;1-8-2-4(7)5-3-6;1-2/h3-18H,19H2,1-2H3;3H,2H2,1H3,(H,5,6,7);1-2H3. The number of nitrogens with zero attached hydrogens (tertiary/aromatic N) is 2. The number of benzene rings is 4. The summed E-state index contributed by atoms with van der Waals surface area (Å²) >= 11 is 1.38. The molecular formula is C34H37N3O4S. The topological polar surface area (TPSA) is 82.5 Å². The zero-order valence-electron chi connectivity index (χ0n) is 24.7. The summed E-state index contributed by atoms with van der Waals surface area (Å²) < 4.78 is 14.1. The van der Waals surface area contributed by atoms with E-state index in [1.54, 1.807) is 6.26 Å². The predicted octanol–water partition coefficient (Wildman–Crippen LogP) is 7.57. The van der Waals surface area contributed by atoms with Gasteiger partial charge in [-0.3, -0.25) is 14.9 Å². The first-order chi connectivity index (χ1) is 20.5. The lowest BCUT2D eigenvalue weighted by Crippen LogP contribution is -2.22. The smallest absolute Gasteiger partial charge is 0.236 e. The number of hydrogen-bond acceptors (Lipinski definition) is 6. The van der Waals surface area contributed by atoms with Gasteiger partial charge < -0.3 is 14.0 Å². The minimum atomic E-state index is -0.243. The lowest BCUT2D eigenvalue weighted by molar-refractivity contribution is -0.123. The third-order valence-electron chi connectivity index (χ3n) is 6.03. The third kappa shape index (κ3) is 9.24. The summed E-state index contributed by atoms with van der Waals surface area (Å²) in [5.74, 6) is 3.38. The number of nitrogens with one attached hydrogen (secondary N) is 1. The number of aryl methyl sites for hydroxylation is 2. The van der Waals surface area contributed by atoms with E-state index in [2.05, 4.69) is 35.8 Å². The van der Waals surface area contributed by atoms with Crippen LogP contribution in [0.5, 0.6) is 17.2 Å². The van der Waals surface area contributed by atoms with Crippen LogP contribution in [0, 0.1) is 6.92 Å². The van der Waals surface area contributed by atoms with Crippen molar-refractivity contribution in [1.82, 2.24) is 14.9 Å². The molecule has 0 unspecified atom stereocenters. The van der Waals surface area contributed by atoms with Crippen LogP contribution in [0.4, 0.5) is 0 Å². The first-order valence-corrected chi connectivity index (χ1v) is 15.1. The normalized spacial score (nSPS) is 10.0. The Morgan fingerprint density at radius 1 is 0.881 bits per heavy atom. The van der Waals surface area contributed by atoms with E-state index in [9.17, 15) is 9.59 Å². The lowest BCUT2D eigenvalue weighted by Gasteiger charge is -2.08. The van der Waals surface area contributed by atoms with Gasteiger partial charge in [-0.2, -0.15) is 11.8 Å². The number of aromatic nitrogens is 2. The second-order valence-electron chi connectivity index (χ2n) is 8.95. The Morgan fingerprint density at radius 2 is 1.50 bits per heavy atom. The van der Waals surface area contributed by atoms with Gasteiger partial charge in [-0.25, -0.2) is 4.98 Å². The molecular weight excluding hydrogens is 546 g/mol. The van der Waals surface area contributed by atoms with Crippen LogP contribution in [0.1, 0.15) is 25.2 Å². The fraction of sp³-hybridized carbons (Fsp3) is 0.206. The molecule has 1 heterocycles. The average molecular weight is 584 g/mol. The number of amides is 2. The Labute approximate surface area is 251 Å². The van der Waals surface area contributed by atoms with Gasteiger partial charge >= 0.3 is 0 Å². The molecule has 0 bridgehead atoms. The van der Waals surface area contributed by atoms with E-state index in [1.807, 2.05) is 99.0 Å². The van der Waals surface area contributed by atoms with Crippen molar-refractivity contribution in [2.75, 3.05) is 12.0 Å². The second-order valence-corrected chi connectivity index (χ2v) is 9.82. The zero-order valence-corrected chi connectivity index (χ0v) is 25.5. The molecule has 0 aliphatic heterocycles. The third-order valence-corrected chi connectivity index (χ3v) is 6.58. The Hall–Kier alpha value is -4.56. The van der Waals surface area contributed by atoms with E-state index >= 15 is 0 Å². The van der Waals surface area contributed by atoms with Crippen LogP contribution < -0.4 is 14.8 Å². The molecule has 8 heteroatoms. The van der Waals surface area contributed by atoms with Crippen LogP contribution in [0.25, 0.3) is 22.2 Å². The van der Waals surface area contributed by atoms with Gasteiger partial charge in [0.15, 0.2) is 0 Å². The van der Waals surface area contributed by atoms with Gasteiger partial charge in [-0.05, 0) is 60.7 Å². The fourth-order valence-corrected chi connectivity index (χ4v) is 4.26. The van der Waals surface area contributed by atoms with Crippen molar-refractivity contribution in [3.05, 3.63) is 108 Å². The molecule has 2 amide bonds. The zero-order chi connectivity index (χ0) is 30.3. The predicted molar refractivity (Wildman–Crippen MR) is 172 cm³/mol. The number of imide groups is 1. The van der Waals surface area contributed by atoms with Crippen LogP contribution in [0.2, 0.25) is 0 Å². The van der Waals surface area contributed by atoms with Gasteiger partial charge in [-0.15, -0.1) is 0 Å². The molecule has 0 atom stereocenters. The number of carbonyl (C=O) groups is 2. The van der Waals surface area contributed by atoms with Gasteiger partial charge in [0.25, 0.3) is 0 Å². The van der Waals surface area contributed by atoms with Gasteiger partial charge in [0.1, 0.15) is 29.7 Å². The number of imidazole rings is 1. The van der Waals surface area contributed by atoms with Gasteiger partial charge in [0.2, 0.25) is 12.3 Å². The van der Waals surface area contributed by atoms with E-state index in [0.717, 1.165) is 34.1 Å². The number of carbonyl (C=O) groups excluding carboxylic acids is 2. The van der Waals surface area contributed by atoms with Crippen molar-refractivity contribution >= 4 is 35.1 Å². The van der Waals surface area contributed by atoms with E-state index in [4.69, 9.17) is 14.5 Å². The summed E-state index contributed by atoms with van der Waals surface area (Å²) in [6.45, 7) is 6.47. The van der Waals surface area contributed by atoms with Crippen LogP contribution in [0.3, 0.4) is 0 Å². The SMILES string of the molecule is CC.CSCC(=O)NC=O.Cc1ccc(OCc2nc3ccc(Oc4ccc(-c5ccccc5)cc4)cc3n2C)cc1. The first kappa shape index (κ1) is 32.0. The first-order valence-electron chi connectivity index (χ1n) is 13.7. The average Bonchev–Trinajstić information content (AvgIpc) is 3.34. The minimum absolute atomic E-state index is 0.243. The molecule has 5 aromatic rings. The van der Waals surface area contributed by atoms with Gasteiger partial charge in [-0.1, -0.05) is 74.0 Å². The highest BCUT2D eigenvalue weighted by Crippen LogP contribution is 2.28. The van der Waals surface area contributed by atoms with Crippen molar-refractivity contribution in [2.45, 2.75) is 27.4 Å². The van der Waals surface area contributed by atoms with Crippen LogP contribution in [-0.4, -0.2) is 33.9 Å². The summed E-state index contributed by atoms with van der Waals surface area (Å²) in [5, 5.41) is 2.01. The molecule has 218 valence electrons.